The molecule has 2 N–H and O–H groups in total. The van der Waals surface area contributed by atoms with E-state index in [-0.39, 0.29) is 24.9 Å². The van der Waals surface area contributed by atoms with Crippen LogP contribution in [-0.4, -0.2) is 25.0 Å². The van der Waals surface area contributed by atoms with Crippen LogP contribution in [0.2, 0.25) is 0 Å². The summed E-state index contributed by atoms with van der Waals surface area (Å²) < 4.78 is 0. The Bertz CT molecular complexity index is 1020. The molecule has 2 aromatic rings. The lowest BCUT2D eigenvalue weighted by atomic mass is 9.92. The molecule has 0 radical (unpaired) electrons. The SMILES string of the molecule is C#Cc1ccccc1N(Cc1ccccc1C)C(=O)CCNC(=O)NCC1CCCCCCCCC1. The first-order valence-corrected chi connectivity index (χ1v) is 13.5. The monoisotopic (exact) mass is 487 g/mol. The lowest BCUT2D eigenvalue weighted by Crippen LogP contribution is -2.40. The van der Waals surface area contributed by atoms with Crippen LogP contribution in [0.5, 0.6) is 0 Å². The summed E-state index contributed by atoms with van der Waals surface area (Å²) in [4.78, 5) is 27.5. The Balaban J connectivity index is 1.54. The van der Waals surface area contributed by atoms with Crippen molar-refractivity contribution in [2.75, 3.05) is 18.0 Å². The number of para-hydroxylation sites is 1. The highest BCUT2D eigenvalue weighted by molar-refractivity contribution is 5.95. The molecule has 1 fully saturated rings. The van der Waals surface area contributed by atoms with E-state index < -0.39 is 0 Å². The third kappa shape index (κ3) is 8.75. The van der Waals surface area contributed by atoms with Crippen LogP contribution in [0.15, 0.2) is 48.5 Å². The number of rotatable bonds is 8. The number of nitrogens with one attached hydrogen (secondary N) is 2. The molecule has 1 aliphatic carbocycles. The van der Waals surface area contributed by atoms with Crippen LogP contribution in [0.3, 0.4) is 0 Å². The van der Waals surface area contributed by atoms with Gasteiger partial charge in [0.1, 0.15) is 0 Å². The van der Waals surface area contributed by atoms with E-state index in [9.17, 15) is 9.59 Å². The number of urea groups is 1. The second kappa shape index (κ2) is 15.0. The molecular formula is C31H41N3O2. The molecule has 0 atom stereocenters. The molecule has 192 valence electrons. The molecule has 0 spiro atoms. The van der Waals surface area contributed by atoms with Crippen molar-refractivity contribution in [1.29, 1.82) is 0 Å². The maximum absolute atomic E-state index is 13.3. The van der Waals surface area contributed by atoms with Gasteiger partial charge < -0.3 is 15.5 Å². The molecule has 0 aromatic heterocycles. The highest BCUT2D eigenvalue weighted by Gasteiger charge is 2.20. The Morgan fingerprint density at radius 3 is 2.25 bits per heavy atom. The zero-order valence-electron chi connectivity index (χ0n) is 21.7. The number of anilines is 1. The van der Waals surface area contributed by atoms with E-state index in [1.807, 2.05) is 55.5 Å². The van der Waals surface area contributed by atoms with Gasteiger partial charge in [-0.3, -0.25) is 4.79 Å². The second-order valence-corrected chi connectivity index (χ2v) is 9.87. The Kier molecular flexibility index (Phi) is 11.4. The van der Waals surface area contributed by atoms with Crippen LogP contribution in [0.1, 0.15) is 80.9 Å². The first kappa shape index (κ1) is 27.3. The van der Waals surface area contributed by atoms with Crippen molar-refractivity contribution in [2.24, 2.45) is 5.92 Å². The van der Waals surface area contributed by atoms with Gasteiger partial charge in [-0.25, -0.2) is 4.79 Å². The lowest BCUT2D eigenvalue weighted by molar-refractivity contribution is -0.118. The summed E-state index contributed by atoms with van der Waals surface area (Å²) in [7, 11) is 0. The largest absolute Gasteiger partial charge is 0.338 e. The molecule has 36 heavy (non-hydrogen) atoms. The van der Waals surface area contributed by atoms with Gasteiger partial charge in [-0.15, -0.1) is 6.42 Å². The number of hydrogen-bond acceptors (Lipinski definition) is 2. The summed E-state index contributed by atoms with van der Waals surface area (Å²) in [6.07, 6.45) is 17.4. The van der Waals surface area contributed by atoms with Gasteiger partial charge in [0.2, 0.25) is 5.91 Å². The highest BCUT2D eigenvalue weighted by Crippen LogP contribution is 2.24. The first-order chi connectivity index (χ1) is 17.6. The van der Waals surface area contributed by atoms with Crippen molar-refractivity contribution in [2.45, 2.75) is 77.7 Å². The van der Waals surface area contributed by atoms with Gasteiger partial charge in [0, 0.05) is 25.1 Å². The van der Waals surface area contributed by atoms with Gasteiger partial charge in [-0.2, -0.15) is 0 Å². The number of nitrogens with zero attached hydrogens (tertiary/aromatic N) is 1. The van der Waals surface area contributed by atoms with E-state index in [1.165, 1.54) is 57.8 Å². The topological polar surface area (TPSA) is 61.4 Å². The fraction of sp³-hybridized carbons (Fsp3) is 0.484. The predicted octanol–water partition coefficient (Wildman–Crippen LogP) is 6.34. The molecule has 0 aliphatic heterocycles. The zero-order valence-corrected chi connectivity index (χ0v) is 21.7. The number of hydrogen-bond donors (Lipinski definition) is 2. The van der Waals surface area contributed by atoms with Crippen LogP contribution in [0.4, 0.5) is 10.5 Å². The summed E-state index contributed by atoms with van der Waals surface area (Å²) in [5.74, 6) is 3.16. The average molecular weight is 488 g/mol. The van der Waals surface area contributed by atoms with Crippen molar-refractivity contribution in [1.82, 2.24) is 10.6 Å². The standard InChI is InChI=1S/C31H41N3O2/c1-3-27-18-13-14-20-29(27)34(24-28-19-12-11-15-25(28)2)30(35)21-22-32-31(36)33-23-26-16-9-7-5-4-6-8-10-17-26/h1,11-15,18-20,26H,4-10,16-17,21-24H2,2H3,(H2,32,33,36). The fourth-order valence-corrected chi connectivity index (χ4v) is 4.91. The maximum atomic E-state index is 13.3. The number of amides is 3. The van der Waals surface area contributed by atoms with E-state index in [2.05, 4.69) is 16.6 Å². The summed E-state index contributed by atoms with van der Waals surface area (Å²) in [6.45, 7) is 3.45. The zero-order chi connectivity index (χ0) is 25.6. The number of aryl methyl sites for hydroxylation is 1. The first-order valence-electron chi connectivity index (χ1n) is 13.5. The summed E-state index contributed by atoms with van der Waals surface area (Å²) in [5.41, 5.74) is 3.57. The van der Waals surface area contributed by atoms with Crippen LogP contribution in [-0.2, 0) is 11.3 Å². The van der Waals surface area contributed by atoms with Crippen molar-refractivity contribution in [3.8, 4) is 12.3 Å². The quantitative estimate of drug-likeness (QED) is 0.427. The minimum absolute atomic E-state index is 0.0754. The third-order valence-corrected chi connectivity index (χ3v) is 7.14. The van der Waals surface area contributed by atoms with E-state index in [4.69, 9.17) is 6.42 Å². The third-order valence-electron chi connectivity index (χ3n) is 7.14. The Labute approximate surface area is 217 Å². The van der Waals surface area contributed by atoms with Gasteiger partial charge in [0.15, 0.2) is 0 Å². The number of carbonyl (C=O) groups is 2. The molecule has 5 heteroatoms. The van der Waals surface area contributed by atoms with E-state index in [0.717, 1.165) is 11.1 Å². The van der Waals surface area contributed by atoms with E-state index >= 15 is 0 Å². The van der Waals surface area contributed by atoms with Gasteiger partial charge in [-0.1, -0.05) is 87.3 Å². The van der Waals surface area contributed by atoms with Crippen LogP contribution >= 0.6 is 0 Å². The Morgan fingerprint density at radius 1 is 0.917 bits per heavy atom. The minimum Gasteiger partial charge on any atom is -0.338 e. The average Bonchev–Trinajstić information content (AvgIpc) is 2.90. The number of terminal acetylenes is 1. The molecule has 2 aromatic carbocycles. The molecular weight excluding hydrogens is 446 g/mol. The Morgan fingerprint density at radius 2 is 1.56 bits per heavy atom. The molecule has 0 unspecified atom stereocenters. The molecule has 3 amide bonds. The summed E-state index contributed by atoms with van der Waals surface area (Å²) >= 11 is 0. The maximum Gasteiger partial charge on any atom is 0.314 e. The van der Waals surface area contributed by atoms with Crippen molar-refractivity contribution in [3.05, 3.63) is 65.2 Å². The van der Waals surface area contributed by atoms with Crippen LogP contribution in [0, 0.1) is 25.2 Å². The van der Waals surface area contributed by atoms with Gasteiger partial charge >= 0.3 is 6.03 Å². The van der Waals surface area contributed by atoms with Crippen LogP contribution < -0.4 is 15.5 Å². The van der Waals surface area contributed by atoms with Gasteiger partial charge in [0.25, 0.3) is 0 Å². The second-order valence-electron chi connectivity index (χ2n) is 9.87. The predicted molar refractivity (Wildman–Crippen MR) is 148 cm³/mol. The van der Waals surface area contributed by atoms with Gasteiger partial charge in [-0.05, 0) is 48.9 Å². The Hall–Kier alpha value is -3.26. The van der Waals surface area contributed by atoms with Gasteiger partial charge in [0.05, 0.1) is 12.2 Å². The molecule has 3 rings (SSSR count). The van der Waals surface area contributed by atoms with E-state index in [0.29, 0.717) is 30.3 Å². The normalized spacial score (nSPS) is 14.9. The molecule has 0 heterocycles. The number of carbonyl (C=O) groups excluding carboxylic acids is 2. The minimum atomic E-state index is -0.200. The lowest BCUT2D eigenvalue weighted by Gasteiger charge is -2.25. The van der Waals surface area contributed by atoms with Crippen molar-refractivity contribution < 1.29 is 9.59 Å². The molecule has 0 bridgehead atoms. The smallest absolute Gasteiger partial charge is 0.314 e. The van der Waals surface area contributed by atoms with Crippen molar-refractivity contribution >= 4 is 17.6 Å². The fourth-order valence-electron chi connectivity index (χ4n) is 4.91. The summed E-state index contributed by atoms with van der Waals surface area (Å²) in [6, 6.07) is 15.3. The molecule has 1 saturated carbocycles. The molecule has 1 aliphatic rings. The van der Waals surface area contributed by atoms with Crippen molar-refractivity contribution in [3.63, 3.8) is 0 Å². The number of benzene rings is 2. The summed E-state index contributed by atoms with van der Waals surface area (Å²) in [5, 5.41) is 5.91. The molecule has 5 nitrogen and oxygen atoms in total. The van der Waals surface area contributed by atoms with Crippen LogP contribution in [0.25, 0.3) is 0 Å². The highest BCUT2D eigenvalue weighted by atomic mass is 16.2. The molecule has 0 saturated heterocycles. The van der Waals surface area contributed by atoms with E-state index in [1.54, 1.807) is 4.90 Å².